The number of nitrogens with zero attached hydrogens (tertiary/aromatic N) is 2. The molecule has 0 unspecified atom stereocenters. The average molecular weight is 226 g/mol. The highest BCUT2D eigenvalue weighted by atomic mass is 32.1. The molecule has 0 aliphatic carbocycles. The van der Waals surface area contributed by atoms with Gasteiger partial charge in [0, 0.05) is 11.1 Å². The van der Waals surface area contributed by atoms with Gasteiger partial charge < -0.3 is 4.74 Å². The second-order valence-electron chi connectivity index (χ2n) is 3.37. The lowest BCUT2D eigenvalue weighted by atomic mass is 10.4. The van der Waals surface area contributed by atoms with E-state index in [4.69, 9.17) is 0 Å². The molecule has 15 heavy (non-hydrogen) atoms. The van der Waals surface area contributed by atoms with Crippen LogP contribution < -0.4 is 0 Å². The predicted octanol–water partition coefficient (Wildman–Crippen LogP) is 0.337. The molecule has 0 spiro atoms. The molecule has 0 aromatic carbocycles. The van der Waals surface area contributed by atoms with Gasteiger partial charge in [-0.1, -0.05) is 0 Å². The van der Waals surface area contributed by atoms with Crippen LogP contribution in [0, 0.1) is 6.92 Å². The molecule has 1 aliphatic rings. The summed E-state index contributed by atoms with van der Waals surface area (Å²) in [5.74, 6) is -0.973. The van der Waals surface area contributed by atoms with Crippen LogP contribution in [-0.2, 0) is 20.9 Å². The topological polar surface area (TPSA) is 59.5 Å². The molecule has 2 heterocycles. The molecule has 2 rings (SSSR count). The number of aryl methyl sites for hydroxylation is 1. The van der Waals surface area contributed by atoms with Gasteiger partial charge in [0.1, 0.15) is 5.01 Å². The van der Waals surface area contributed by atoms with Crippen molar-refractivity contribution in [2.75, 3.05) is 13.1 Å². The number of cyclic esters (lactones) is 2. The summed E-state index contributed by atoms with van der Waals surface area (Å²) in [6.07, 6.45) is 0. The van der Waals surface area contributed by atoms with Crippen molar-refractivity contribution in [3.05, 3.63) is 16.1 Å². The summed E-state index contributed by atoms with van der Waals surface area (Å²) in [4.78, 5) is 28.0. The maximum atomic E-state index is 11.0. The molecule has 1 aliphatic heterocycles. The van der Waals surface area contributed by atoms with Crippen LogP contribution in [0.5, 0.6) is 0 Å². The SMILES string of the molecule is Cc1csc(CN2CC(=O)OC(=O)C2)n1. The molecule has 0 radical (unpaired) electrons. The zero-order valence-corrected chi connectivity index (χ0v) is 9.04. The van der Waals surface area contributed by atoms with Gasteiger partial charge >= 0.3 is 11.9 Å². The molecule has 1 fully saturated rings. The van der Waals surface area contributed by atoms with Gasteiger partial charge in [0.2, 0.25) is 0 Å². The molecule has 0 bridgehead atoms. The Labute approximate surface area is 90.7 Å². The molecule has 80 valence electrons. The van der Waals surface area contributed by atoms with Crippen LogP contribution in [-0.4, -0.2) is 34.9 Å². The summed E-state index contributed by atoms with van der Waals surface area (Å²) < 4.78 is 4.42. The Morgan fingerprint density at radius 1 is 1.47 bits per heavy atom. The van der Waals surface area contributed by atoms with Crippen molar-refractivity contribution in [1.82, 2.24) is 9.88 Å². The second kappa shape index (κ2) is 4.08. The van der Waals surface area contributed by atoms with Crippen LogP contribution in [0.3, 0.4) is 0 Å². The van der Waals surface area contributed by atoms with E-state index in [0.29, 0.717) is 6.54 Å². The van der Waals surface area contributed by atoms with Gasteiger partial charge in [-0.3, -0.25) is 14.5 Å². The van der Waals surface area contributed by atoms with Gasteiger partial charge in [0.25, 0.3) is 0 Å². The first-order valence-electron chi connectivity index (χ1n) is 4.50. The molecule has 1 aromatic heterocycles. The van der Waals surface area contributed by atoms with Gasteiger partial charge in [0.05, 0.1) is 19.6 Å². The van der Waals surface area contributed by atoms with Crippen LogP contribution >= 0.6 is 11.3 Å². The van der Waals surface area contributed by atoms with Gasteiger partial charge in [0.15, 0.2) is 0 Å². The van der Waals surface area contributed by atoms with Crippen LogP contribution in [0.15, 0.2) is 5.38 Å². The fraction of sp³-hybridized carbons (Fsp3) is 0.444. The summed E-state index contributed by atoms with van der Waals surface area (Å²) in [5.41, 5.74) is 0.959. The molecule has 0 amide bonds. The maximum Gasteiger partial charge on any atom is 0.327 e. The zero-order valence-electron chi connectivity index (χ0n) is 8.23. The quantitative estimate of drug-likeness (QED) is 0.537. The Hall–Kier alpha value is -1.27. The van der Waals surface area contributed by atoms with Crippen LogP contribution in [0.2, 0.25) is 0 Å². The third-order valence-corrected chi connectivity index (χ3v) is 2.91. The van der Waals surface area contributed by atoms with E-state index in [1.54, 1.807) is 4.90 Å². The molecule has 0 N–H and O–H groups in total. The largest absolute Gasteiger partial charge is 0.391 e. The first-order chi connectivity index (χ1) is 7.13. The average Bonchev–Trinajstić information content (AvgIpc) is 2.49. The second-order valence-corrected chi connectivity index (χ2v) is 4.32. The van der Waals surface area contributed by atoms with Gasteiger partial charge in [-0.05, 0) is 6.92 Å². The Bertz CT molecular complexity index is 386. The smallest absolute Gasteiger partial charge is 0.327 e. The summed E-state index contributed by atoms with van der Waals surface area (Å²) in [6, 6.07) is 0. The molecule has 6 heteroatoms. The highest BCUT2D eigenvalue weighted by Gasteiger charge is 2.25. The molecular weight excluding hydrogens is 216 g/mol. The third kappa shape index (κ3) is 2.60. The molecule has 5 nitrogen and oxygen atoms in total. The summed E-state index contributed by atoms with van der Waals surface area (Å²) in [6.45, 7) is 2.75. The van der Waals surface area contributed by atoms with E-state index in [1.807, 2.05) is 12.3 Å². The normalized spacial score (nSPS) is 17.9. The Kier molecular flexibility index (Phi) is 2.79. The number of carbonyl (C=O) groups excluding carboxylic acids is 2. The Morgan fingerprint density at radius 2 is 2.13 bits per heavy atom. The van der Waals surface area contributed by atoms with E-state index in [-0.39, 0.29) is 13.1 Å². The van der Waals surface area contributed by atoms with Crippen molar-refractivity contribution in [1.29, 1.82) is 0 Å². The van der Waals surface area contributed by atoms with E-state index in [0.717, 1.165) is 10.7 Å². The monoisotopic (exact) mass is 226 g/mol. The van der Waals surface area contributed by atoms with Crippen molar-refractivity contribution in [2.45, 2.75) is 13.5 Å². The fourth-order valence-electron chi connectivity index (χ4n) is 1.39. The standard InChI is InChI=1S/C9H10N2O3S/c1-6-5-15-7(10-6)2-11-3-8(12)14-9(13)4-11/h5H,2-4H2,1H3. The van der Waals surface area contributed by atoms with Crippen molar-refractivity contribution < 1.29 is 14.3 Å². The number of hydrogen-bond donors (Lipinski definition) is 0. The predicted molar refractivity (Wildman–Crippen MR) is 53.2 cm³/mol. The zero-order chi connectivity index (χ0) is 10.8. The number of carbonyl (C=O) groups is 2. The minimum Gasteiger partial charge on any atom is -0.391 e. The summed E-state index contributed by atoms with van der Waals surface area (Å²) >= 11 is 1.53. The van der Waals surface area contributed by atoms with Gasteiger partial charge in [-0.25, -0.2) is 4.98 Å². The number of morpholine rings is 1. The minimum atomic E-state index is -0.487. The van der Waals surface area contributed by atoms with Crippen molar-refractivity contribution in [3.63, 3.8) is 0 Å². The van der Waals surface area contributed by atoms with Crippen LogP contribution in [0.25, 0.3) is 0 Å². The highest BCUT2D eigenvalue weighted by molar-refractivity contribution is 7.09. The van der Waals surface area contributed by atoms with E-state index >= 15 is 0 Å². The van der Waals surface area contributed by atoms with E-state index in [9.17, 15) is 9.59 Å². The van der Waals surface area contributed by atoms with Gasteiger partial charge in [-0.15, -0.1) is 11.3 Å². The number of ether oxygens (including phenoxy) is 1. The number of hydrogen-bond acceptors (Lipinski definition) is 6. The number of rotatable bonds is 2. The number of aromatic nitrogens is 1. The molecule has 0 atom stereocenters. The summed E-state index contributed by atoms with van der Waals surface area (Å²) in [5, 5.41) is 2.86. The lowest BCUT2D eigenvalue weighted by Crippen LogP contribution is -2.42. The van der Waals surface area contributed by atoms with E-state index in [1.165, 1.54) is 11.3 Å². The van der Waals surface area contributed by atoms with Crippen LogP contribution in [0.4, 0.5) is 0 Å². The van der Waals surface area contributed by atoms with Crippen molar-refractivity contribution >= 4 is 23.3 Å². The first kappa shape index (κ1) is 10.3. The molecule has 1 saturated heterocycles. The van der Waals surface area contributed by atoms with E-state index < -0.39 is 11.9 Å². The fourth-order valence-corrected chi connectivity index (χ4v) is 2.20. The van der Waals surface area contributed by atoms with E-state index in [2.05, 4.69) is 9.72 Å². The third-order valence-electron chi connectivity index (χ3n) is 1.96. The number of esters is 2. The molecule has 0 saturated carbocycles. The first-order valence-corrected chi connectivity index (χ1v) is 5.38. The highest BCUT2D eigenvalue weighted by Crippen LogP contribution is 2.12. The number of thiazole rings is 1. The Morgan fingerprint density at radius 3 is 2.67 bits per heavy atom. The van der Waals surface area contributed by atoms with Gasteiger partial charge in [-0.2, -0.15) is 0 Å². The minimum absolute atomic E-state index is 0.157. The maximum absolute atomic E-state index is 11.0. The van der Waals surface area contributed by atoms with Crippen molar-refractivity contribution in [2.24, 2.45) is 0 Å². The molecular formula is C9H10N2O3S. The summed E-state index contributed by atoms with van der Waals surface area (Å²) in [7, 11) is 0. The lowest BCUT2D eigenvalue weighted by Gasteiger charge is -2.22. The molecule has 1 aromatic rings. The van der Waals surface area contributed by atoms with Crippen molar-refractivity contribution in [3.8, 4) is 0 Å². The Balaban J connectivity index is 2.00. The van der Waals surface area contributed by atoms with Crippen LogP contribution in [0.1, 0.15) is 10.7 Å². The lowest BCUT2D eigenvalue weighted by molar-refractivity contribution is -0.167.